The second-order valence-electron chi connectivity index (χ2n) is 4.87. The number of benzene rings is 1. The summed E-state index contributed by atoms with van der Waals surface area (Å²) in [5.41, 5.74) is -0.146. The molecule has 0 fully saturated rings. The van der Waals surface area contributed by atoms with Gasteiger partial charge in [0.15, 0.2) is 0 Å². The van der Waals surface area contributed by atoms with E-state index in [-0.39, 0.29) is 18.2 Å². The van der Waals surface area contributed by atoms with Crippen LogP contribution in [-0.4, -0.2) is 35.5 Å². The topological polar surface area (TPSA) is 57.6 Å². The zero-order chi connectivity index (χ0) is 16.2. The van der Waals surface area contributed by atoms with E-state index in [9.17, 15) is 22.8 Å². The highest BCUT2D eigenvalue weighted by molar-refractivity contribution is 5.81. The molecule has 1 rings (SSSR count). The van der Waals surface area contributed by atoms with Crippen molar-refractivity contribution in [2.24, 2.45) is 0 Å². The number of carboxylic acid groups (broad SMARTS) is 1. The third kappa shape index (κ3) is 5.09. The number of carbonyl (C=O) groups excluding carboxylic acids is 1. The lowest BCUT2D eigenvalue weighted by atomic mass is 9.96. The van der Waals surface area contributed by atoms with Crippen LogP contribution in [0.2, 0.25) is 0 Å². The average molecular weight is 303 g/mol. The largest absolute Gasteiger partial charge is 0.480 e. The molecule has 1 unspecified atom stereocenters. The SMILES string of the molecule is CC(CC(=O)N(C)CC(=O)O)c1ccc(C(F)(F)F)cc1. The van der Waals surface area contributed by atoms with E-state index in [1.165, 1.54) is 19.2 Å². The van der Waals surface area contributed by atoms with Gasteiger partial charge in [-0.05, 0) is 23.6 Å². The highest BCUT2D eigenvalue weighted by atomic mass is 19.4. The molecule has 4 nitrogen and oxygen atoms in total. The van der Waals surface area contributed by atoms with Crippen molar-refractivity contribution >= 4 is 11.9 Å². The molecule has 0 spiro atoms. The number of aliphatic carboxylic acids is 1. The number of hydrogen-bond acceptors (Lipinski definition) is 2. The Morgan fingerprint density at radius 2 is 1.76 bits per heavy atom. The summed E-state index contributed by atoms with van der Waals surface area (Å²) in [6.07, 6.45) is -4.35. The molecule has 7 heteroatoms. The molecule has 0 radical (unpaired) electrons. The number of likely N-dealkylation sites (N-methyl/N-ethyl adjacent to an activating group) is 1. The van der Waals surface area contributed by atoms with Gasteiger partial charge in [0.1, 0.15) is 6.54 Å². The maximum atomic E-state index is 12.4. The predicted octanol–water partition coefficient (Wildman–Crippen LogP) is 2.74. The van der Waals surface area contributed by atoms with Gasteiger partial charge < -0.3 is 10.0 Å². The van der Waals surface area contributed by atoms with Crippen molar-refractivity contribution in [2.75, 3.05) is 13.6 Å². The smallest absolute Gasteiger partial charge is 0.416 e. The molecule has 0 aliphatic carbocycles. The Labute approximate surface area is 120 Å². The number of alkyl halides is 3. The van der Waals surface area contributed by atoms with Crippen LogP contribution < -0.4 is 0 Å². The molecule has 116 valence electrons. The second-order valence-corrected chi connectivity index (χ2v) is 4.87. The molecule has 0 saturated carbocycles. The van der Waals surface area contributed by atoms with E-state index in [2.05, 4.69) is 0 Å². The number of amides is 1. The van der Waals surface area contributed by atoms with Crippen LogP contribution in [0.25, 0.3) is 0 Å². The first-order chi connectivity index (χ1) is 9.61. The molecule has 1 N–H and O–H groups in total. The molecular formula is C14H16F3NO3. The quantitative estimate of drug-likeness (QED) is 0.910. The van der Waals surface area contributed by atoms with Crippen LogP contribution in [0, 0.1) is 0 Å². The molecule has 1 atom stereocenters. The van der Waals surface area contributed by atoms with Crippen molar-refractivity contribution in [3.05, 3.63) is 35.4 Å². The van der Waals surface area contributed by atoms with Gasteiger partial charge in [0.05, 0.1) is 5.56 Å². The summed E-state index contributed by atoms with van der Waals surface area (Å²) in [6, 6.07) is 4.60. The van der Waals surface area contributed by atoms with Gasteiger partial charge in [-0.2, -0.15) is 13.2 Å². The molecular weight excluding hydrogens is 287 g/mol. The highest BCUT2D eigenvalue weighted by Gasteiger charge is 2.30. The highest BCUT2D eigenvalue weighted by Crippen LogP contribution is 2.30. The molecule has 0 aliphatic rings. The van der Waals surface area contributed by atoms with Crippen LogP contribution in [-0.2, 0) is 15.8 Å². The number of rotatable bonds is 5. The minimum atomic E-state index is -4.39. The fraction of sp³-hybridized carbons (Fsp3) is 0.429. The van der Waals surface area contributed by atoms with Crippen LogP contribution in [0.3, 0.4) is 0 Å². The molecule has 1 amide bonds. The third-order valence-electron chi connectivity index (χ3n) is 3.09. The van der Waals surface area contributed by atoms with E-state index >= 15 is 0 Å². The molecule has 0 bridgehead atoms. The lowest BCUT2D eigenvalue weighted by Crippen LogP contribution is -2.32. The van der Waals surface area contributed by atoms with E-state index < -0.39 is 24.3 Å². The van der Waals surface area contributed by atoms with Crippen LogP contribution in [0.1, 0.15) is 30.4 Å². The Kier molecular flexibility index (Phi) is 5.34. The average Bonchev–Trinajstić information content (AvgIpc) is 2.36. The predicted molar refractivity (Wildman–Crippen MR) is 69.7 cm³/mol. The number of halogens is 3. The van der Waals surface area contributed by atoms with Gasteiger partial charge in [0.2, 0.25) is 5.91 Å². The molecule has 21 heavy (non-hydrogen) atoms. The van der Waals surface area contributed by atoms with Gasteiger partial charge in [0, 0.05) is 13.5 Å². The number of nitrogens with zero attached hydrogens (tertiary/aromatic N) is 1. The van der Waals surface area contributed by atoms with Gasteiger partial charge in [0.25, 0.3) is 0 Å². The van der Waals surface area contributed by atoms with E-state index in [1.807, 2.05) is 0 Å². The van der Waals surface area contributed by atoms with Crippen molar-refractivity contribution in [1.82, 2.24) is 4.90 Å². The Morgan fingerprint density at radius 1 is 1.24 bits per heavy atom. The lowest BCUT2D eigenvalue weighted by Gasteiger charge is -2.18. The first-order valence-electron chi connectivity index (χ1n) is 6.24. The number of carbonyl (C=O) groups is 2. The zero-order valence-corrected chi connectivity index (χ0v) is 11.6. The van der Waals surface area contributed by atoms with Crippen LogP contribution in [0.4, 0.5) is 13.2 Å². The Morgan fingerprint density at radius 3 is 2.19 bits per heavy atom. The third-order valence-corrected chi connectivity index (χ3v) is 3.09. The Balaban J connectivity index is 2.69. The summed E-state index contributed by atoms with van der Waals surface area (Å²) in [7, 11) is 1.37. The van der Waals surface area contributed by atoms with Gasteiger partial charge in [-0.1, -0.05) is 19.1 Å². The Hall–Kier alpha value is -2.05. The molecule has 0 heterocycles. The first-order valence-corrected chi connectivity index (χ1v) is 6.24. The molecule has 0 aromatic heterocycles. The Bertz CT molecular complexity index is 511. The standard InChI is InChI=1S/C14H16F3NO3/c1-9(7-12(19)18(2)8-13(20)21)10-3-5-11(6-4-10)14(15,16)17/h3-6,9H,7-8H2,1-2H3,(H,20,21). The lowest BCUT2D eigenvalue weighted by molar-refractivity contribution is -0.143. The second kappa shape index (κ2) is 6.60. The minimum absolute atomic E-state index is 0.0368. The number of hydrogen-bond donors (Lipinski definition) is 1. The van der Waals surface area contributed by atoms with Gasteiger partial charge in [-0.25, -0.2) is 0 Å². The van der Waals surface area contributed by atoms with E-state index in [0.717, 1.165) is 17.0 Å². The van der Waals surface area contributed by atoms with Gasteiger partial charge in [-0.3, -0.25) is 9.59 Å². The maximum absolute atomic E-state index is 12.4. The van der Waals surface area contributed by atoms with Crippen molar-refractivity contribution in [2.45, 2.75) is 25.4 Å². The van der Waals surface area contributed by atoms with Crippen LogP contribution in [0.15, 0.2) is 24.3 Å². The minimum Gasteiger partial charge on any atom is -0.480 e. The van der Waals surface area contributed by atoms with Gasteiger partial charge >= 0.3 is 12.1 Å². The molecule has 0 aliphatic heterocycles. The van der Waals surface area contributed by atoms with Crippen LogP contribution >= 0.6 is 0 Å². The summed E-state index contributed by atoms with van der Waals surface area (Å²) < 4.78 is 37.3. The molecule has 0 saturated heterocycles. The van der Waals surface area contributed by atoms with Crippen molar-refractivity contribution in [3.8, 4) is 0 Å². The summed E-state index contributed by atoms with van der Waals surface area (Å²) in [6.45, 7) is 1.30. The summed E-state index contributed by atoms with van der Waals surface area (Å²) in [5.74, 6) is -1.78. The fourth-order valence-corrected chi connectivity index (χ4v) is 1.83. The van der Waals surface area contributed by atoms with E-state index in [1.54, 1.807) is 6.92 Å². The van der Waals surface area contributed by atoms with Crippen molar-refractivity contribution in [1.29, 1.82) is 0 Å². The molecule has 1 aromatic carbocycles. The number of carboxylic acids is 1. The van der Waals surface area contributed by atoms with Gasteiger partial charge in [-0.15, -0.1) is 0 Å². The fourth-order valence-electron chi connectivity index (χ4n) is 1.83. The van der Waals surface area contributed by atoms with Crippen molar-refractivity contribution < 1.29 is 27.9 Å². The van der Waals surface area contributed by atoms with Crippen LogP contribution in [0.5, 0.6) is 0 Å². The zero-order valence-electron chi connectivity index (χ0n) is 11.6. The summed E-state index contributed by atoms with van der Waals surface area (Å²) >= 11 is 0. The molecule has 1 aromatic rings. The van der Waals surface area contributed by atoms with E-state index in [4.69, 9.17) is 5.11 Å². The first kappa shape index (κ1) is 17.0. The monoisotopic (exact) mass is 303 g/mol. The van der Waals surface area contributed by atoms with E-state index in [0.29, 0.717) is 5.56 Å². The van der Waals surface area contributed by atoms with Crippen molar-refractivity contribution in [3.63, 3.8) is 0 Å². The normalized spacial score (nSPS) is 12.8. The summed E-state index contributed by atoms with van der Waals surface area (Å²) in [5, 5.41) is 8.59. The maximum Gasteiger partial charge on any atom is 0.416 e. The summed E-state index contributed by atoms with van der Waals surface area (Å²) in [4.78, 5) is 23.3.